The zero-order valence-corrected chi connectivity index (χ0v) is 10.3. The summed E-state index contributed by atoms with van der Waals surface area (Å²) in [5, 5.41) is 0. The van der Waals surface area contributed by atoms with E-state index < -0.39 is 0 Å². The van der Waals surface area contributed by atoms with Crippen molar-refractivity contribution in [3.05, 3.63) is 26.8 Å². The van der Waals surface area contributed by atoms with E-state index in [0.717, 1.165) is 9.13 Å². The van der Waals surface area contributed by atoms with Crippen LogP contribution in [0.2, 0.25) is 0 Å². The Bertz CT molecular complexity index is 363. The summed E-state index contributed by atoms with van der Waals surface area (Å²) in [5.74, 6) is -0.357. The summed E-state index contributed by atoms with van der Waals surface area (Å²) in [7, 11) is 0. The first-order valence-corrected chi connectivity index (χ1v) is 5.37. The molecule has 76 valence electrons. The Kier molecular flexibility index (Phi) is 3.74. The summed E-state index contributed by atoms with van der Waals surface area (Å²) in [5.41, 5.74) is 7.69. The van der Waals surface area contributed by atoms with Crippen LogP contribution in [0, 0.1) is 10.5 Å². The molecule has 1 aromatic carbocycles. The molecule has 4 heteroatoms. The number of nitrogens with two attached hydrogens (primary N) is 1. The third kappa shape index (κ3) is 2.17. The number of hydrogen-bond acceptors (Lipinski definition) is 3. The number of nitrogen functional groups attached to an aromatic ring is 1. The van der Waals surface area contributed by atoms with Crippen molar-refractivity contribution in [2.45, 2.75) is 13.8 Å². The van der Waals surface area contributed by atoms with Crippen LogP contribution in [0.3, 0.4) is 0 Å². The minimum absolute atomic E-state index is 0.357. The summed E-state index contributed by atoms with van der Waals surface area (Å²) in [6, 6.07) is 3.56. The van der Waals surface area contributed by atoms with E-state index in [0.29, 0.717) is 17.9 Å². The first kappa shape index (κ1) is 11.3. The maximum atomic E-state index is 11.4. The van der Waals surface area contributed by atoms with Crippen LogP contribution < -0.4 is 5.73 Å². The van der Waals surface area contributed by atoms with Crippen LogP contribution in [0.5, 0.6) is 0 Å². The second kappa shape index (κ2) is 4.63. The maximum absolute atomic E-state index is 11.4. The molecule has 0 aliphatic heterocycles. The van der Waals surface area contributed by atoms with Crippen LogP contribution in [-0.4, -0.2) is 12.6 Å². The summed E-state index contributed by atoms with van der Waals surface area (Å²) >= 11 is 2.18. The molecule has 2 N–H and O–H groups in total. The molecule has 0 atom stereocenters. The number of ether oxygens (including phenoxy) is 1. The molecule has 1 rings (SSSR count). The van der Waals surface area contributed by atoms with Gasteiger partial charge in [-0.2, -0.15) is 0 Å². The molecule has 0 aliphatic carbocycles. The number of rotatable bonds is 2. The van der Waals surface area contributed by atoms with Gasteiger partial charge in [-0.3, -0.25) is 0 Å². The molecule has 0 amide bonds. The number of hydrogen-bond donors (Lipinski definition) is 1. The number of esters is 1. The van der Waals surface area contributed by atoms with Crippen molar-refractivity contribution in [3.8, 4) is 0 Å². The fraction of sp³-hybridized carbons (Fsp3) is 0.300. The van der Waals surface area contributed by atoms with E-state index in [1.165, 1.54) is 0 Å². The molecular formula is C10H12INO2. The highest BCUT2D eigenvalue weighted by molar-refractivity contribution is 14.1. The van der Waals surface area contributed by atoms with Gasteiger partial charge in [-0.05, 0) is 54.1 Å². The van der Waals surface area contributed by atoms with E-state index in [9.17, 15) is 4.79 Å². The van der Waals surface area contributed by atoms with Crippen LogP contribution in [0.25, 0.3) is 0 Å². The van der Waals surface area contributed by atoms with E-state index >= 15 is 0 Å². The Morgan fingerprint density at radius 3 is 2.79 bits per heavy atom. The SMILES string of the molecule is CCOC(=O)c1ccc(I)c(C)c1N. The number of halogens is 1. The Morgan fingerprint density at radius 2 is 2.21 bits per heavy atom. The molecule has 0 saturated heterocycles. The second-order valence-corrected chi connectivity index (χ2v) is 4.02. The molecule has 1 aromatic rings. The smallest absolute Gasteiger partial charge is 0.340 e. The van der Waals surface area contributed by atoms with E-state index in [-0.39, 0.29) is 5.97 Å². The van der Waals surface area contributed by atoms with Crippen LogP contribution in [0.15, 0.2) is 12.1 Å². The van der Waals surface area contributed by atoms with Gasteiger partial charge in [-0.1, -0.05) is 0 Å². The van der Waals surface area contributed by atoms with E-state index in [1.807, 2.05) is 13.0 Å². The molecule has 0 spiro atoms. The summed E-state index contributed by atoms with van der Waals surface area (Å²) in [6.07, 6.45) is 0. The van der Waals surface area contributed by atoms with Gasteiger partial charge >= 0.3 is 5.97 Å². The minimum atomic E-state index is -0.357. The first-order chi connectivity index (χ1) is 6.57. The number of benzene rings is 1. The monoisotopic (exact) mass is 305 g/mol. The lowest BCUT2D eigenvalue weighted by molar-refractivity contribution is 0.0527. The Hall–Kier alpha value is -0.780. The Morgan fingerprint density at radius 1 is 1.57 bits per heavy atom. The molecule has 0 aromatic heterocycles. The van der Waals surface area contributed by atoms with Crippen molar-refractivity contribution in [1.29, 1.82) is 0 Å². The van der Waals surface area contributed by atoms with Gasteiger partial charge in [-0.25, -0.2) is 4.79 Å². The largest absolute Gasteiger partial charge is 0.462 e. The Balaban J connectivity index is 3.11. The molecule has 3 nitrogen and oxygen atoms in total. The van der Waals surface area contributed by atoms with Crippen molar-refractivity contribution < 1.29 is 9.53 Å². The van der Waals surface area contributed by atoms with Crippen LogP contribution in [0.1, 0.15) is 22.8 Å². The number of carbonyl (C=O) groups excluding carboxylic acids is 1. The molecule has 0 aliphatic rings. The molecule has 0 radical (unpaired) electrons. The van der Waals surface area contributed by atoms with Crippen LogP contribution in [-0.2, 0) is 4.74 Å². The van der Waals surface area contributed by atoms with Crippen molar-refractivity contribution in [2.24, 2.45) is 0 Å². The lowest BCUT2D eigenvalue weighted by Crippen LogP contribution is -2.09. The predicted octanol–water partition coefficient (Wildman–Crippen LogP) is 2.36. The maximum Gasteiger partial charge on any atom is 0.340 e. The minimum Gasteiger partial charge on any atom is -0.462 e. The van der Waals surface area contributed by atoms with Crippen molar-refractivity contribution in [1.82, 2.24) is 0 Å². The predicted molar refractivity (Wildman–Crippen MR) is 64.3 cm³/mol. The average Bonchev–Trinajstić information content (AvgIpc) is 2.15. The van der Waals surface area contributed by atoms with Gasteiger partial charge in [0.1, 0.15) is 0 Å². The number of carbonyl (C=O) groups is 1. The van der Waals surface area contributed by atoms with E-state index in [4.69, 9.17) is 10.5 Å². The highest BCUT2D eigenvalue weighted by atomic mass is 127. The van der Waals surface area contributed by atoms with Crippen LogP contribution >= 0.6 is 22.6 Å². The topological polar surface area (TPSA) is 52.3 Å². The normalized spacial score (nSPS) is 9.93. The van der Waals surface area contributed by atoms with Gasteiger partial charge in [0.05, 0.1) is 17.9 Å². The molecular weight excluding hydrogens is 293 g/mol. The lowest BCUT2D eigenvalue weighted by Gasteiger charge is -2.08. The molecule has 14 heavy (non-hydrogen) atoms. The summed E-state index contributed by atoms with van der Waals surface area (Å²) in [4.78, 5) is 11.4. The van der Waals surface area contributed by atoms with Gasteiger partial charge < -0.3 is 10.5 Å². The first-order valence-electron chi connectivity index (χ1n) is 4.29. The van der Waals surface area contributed by atoms with E-state index in [2.05, 4.69) is 22.6 Å². The molecule has 0 fully saturated rings. The average molecular weight is 305 g/mol. The fourth-order valence-electron chi connectivity index (χ4n) is 1.09. The highest BCUT2D eigenvalue weighted by Gasteiger charge is 2.13. The van der Waals surface area contributed by atoms with Crippen molar-refractivity contribution >= 4 is 34.2 Å². The quantitative estimate of drug-likeness (QED) is 0.518. The zero-order valence-electron chi connectivity index (χ0n) is 8.13. The third-order valence-electron chi connectivity index (χ3n) is 1.94. The molecule has 0 saturated carbocycles. The highest BCUT2D eigenvalue weighted by Crippen LogP contribution is 2.22. The van der Waals surface area contributed by atoms with Gasteiger partial charge in [0.25, 0.3) is 0 Å². The molecule has 0 bridgehead atoms. The third-order valence-corrected chi connectivity index (χ3v) is 3.11. The summed E-state index contributed by atoms with van der Waals surface area (Å²) < 4.78 is 5.93. The second-order valence-electron chi connectivity index (χ2n) is 2.85. The standard InChI is InChI=1S/C10H12INO2/c1-3-14-10(13)7-4-5-8(11)6(2)9(7)12/h4-5H,3,12H2,1-2H3. The fourth-order valence-corrected chi connectivity index (χ4v) is 1.56. The number of anilines is 1. The zero-order chi connectivity index (χ0) is 10.7. The van der Waals surface area contributed by atoms with Gasteiger partial charge in [0.2, 0.25) is 0 Å². The Labute approximate surface area is 96.8 Å². The molecule has 0 heterocycles. The van der Waals surface area contributed by atoms with Crippen LogP contribution in [0.4, 0.5) is 5.69 Å². The van der Waals surface area contributed by atoms with Gasteiger partial charge in [0.15, 0.2) is 0 Å². The van der Waals surface area contributed by atoms with E-state index in [1.54, 1.807) is 13.0 Å². The van der Waals surface area contributed by atoms with Crippen molar-refractivity contribution in [3.63, 3.8) is 0 Å². The van der Waals surface area contributed by atoms with Gasteiger partial charge in [-0.15, -0.1) is 0 Å². The lowest BCUT2D eigenvalue weighted by atomic mass is 10.1. The molecule has 0 unspecified atom stereocenters. The van der Waals surface area contributed by atoms with Gasteiger partial charge in [0, 0.05) is 3.57 Å². The van der Waals surface area contributed by atoms with Crippen molar-refractivity contribution in [2.75, 3.05) is 12.3 Å². The summed E-state index contributed by atoms with van der Waals surface area (Å²) in [6.45, 7) is 4.02.